The van der Waals surface area contributed by atoms with Gasteiger partial charge in [0.2, 0.25) is 0 Å². The van der Waals surface area contributed by atoms with E-state index in [1.54, 1.807) is 12.5 Å². The molecule has 0 saturated carbocycles. The summed E-state index contributed by atoms with van der Waals surface area (Å²) < 4.78 is 5.43. The van der Waals surface area contributed by atoms with Crippen LogP contribution in [0.4, 0.5) is 0 Å². The molecule has 1 N–H and O–H groups in total. The van der Waals surface area contributed by atoms with Crippen molar-refractivity contribution in [2.75, 3.05) is 13.1 Å². The van der Waals surface area contributed by atoms with Crippen molar-refractivity contribution in [2.24, 2.45) is 0 Å². The van der Waals surface area contributed by atoms with E-state index < -0.39 is 0 Å². The molecule has 0 aliphatic heterocycles. The normalized spacial score (nSPS) is 10.9. The van der Waals surface area contributed by atoms with Gasteiger partial charge in [0.25, 0.3) is 5.91 Å². The largest absolute Gasteiger partial charge is 0.464 e. The third-order valence-electron chi connectivity index (χ3n) is 4.78. The molecule has 3 aromatic rings. The van der Waals surface area contributed by atoms with Crippen LogP contribution in [0.5, 0.6) is 0 Å². The molecule has 0 bridgehead atoms. The van der Waals surface area contributed by atoms with E-state index in [1.165, 1.54) is 0 Å². The predicted molar refractivity (Wildman–Crippen MR) is 123 cm³/mol. The van der Waals surface area contributed by atoms with Crippen molar-refractivity contribution in [3.63, 3.8) is 0 Å². The third-order valence-corrected chi connectivity index (χ3v) is 4.78. The average molecular weight is 438 g/mol. The second-order valence-corrected chi connectivity index (χ2v) is 7.25. The molecular weight excluding hydrogens is 409 g/mol. The molecule has 3 rings (SSSR count). The Labute approximate surface area is 184 Å². The lowest BCUT2D eigenvalue weighted by Gasteiger charge is -2.30. The fraction of sp³-hybridized carbons (Fsp3) is 0.364. The molecule has 0 aliphatic carbocycles. The summed E-state index contributed by atoms with van der Waals surface area (Å²) in [6.07, 6.45) is 3.40. The summed E-state index contributed by atoms with van der Waals surface area (Å²) in [5.41, 5.74) is 3.28. The van der Waals surface area contributed by atoms with Crippen LogP contribution in [0, 0.1) is 0 Å². The van der Waals surface area contributed by atoms with Gasteiger partial charge in [0.05, 0.1) is 12.0 Å². The van der Waals surface area contributed by atoms with Gasteiger partial charge in [-0.2, -0.15) is 0 Å². The Balaban J connectivity index is 0.00000210. The van der Waals surface area contributed by atoms with Crippen molar-refractivity contribution in [1.29, 1.82) is 0 Å². The number of hydrogen-bond acceptors (Lipinski definition) is 4. The molecule has 0 spiro atoms. The lowest BCUT2D eigenvalue weighted by molar-refractivity contribution is 0.0939. The van der Waals surface area contributed by atoms with Crippen LogP contribution in [-0.2, 0) is 0 Å². The van der Waals surface area contributed by atoms with Crippen LogP contribution >= 0.6 is 24.8 Å². The molecule has 0 unspecified atom stereocenters. The van der Waals surface area contributed by atoms with Crippen molar-refractivity contribution < 1.29 is 9.21 Å². The Kier molecular flexibility index (Phi) is 9.63. The summed E-state index contributed by atoms with van der Waals surface area (Å²) in [5.74, 6) is -0.0523. The van der Waals surface area contributed by atoms with Crippen molar-refractivity contribution in [1.82, 2.24) is 15.2 Å². The Morgan fingerprint density at radius 1 is 1.03 bits per heavy atom. The summed E-state index contributed by atoms with van der Waals surface area (Å²) in [6, 6.07) is 12.2. The minimum absolute atomic E-state index is 0. The summed E-state index contributed by atoms with van der Waals surface area (Å²) in [5, 5.41) is 3.98. The molecule has 1 amide bonds. The molecule has 0 atom stereocenters. The molecular formula is C22H29Cl2N3O2. The molecule has 0 aliphatic rings. The first kappa shape index (κ1) is 25.0. The number of amides is 1. The van der Waals surface area contributed by atoms with Gasteiger partial charge >= 0.3 is 0 Å². The monoisotopic (exact) mass is 437 g/mol. The Hall–Kier alpha value is -2.08. The smallest absolute Gasteiger partial charge is 0.251 e. The molecule has 7 heteroatoms. The number of rotatable bonds is 7. The van der Waals surface area contributed by atoms with E-state index >= 15 is 0 Å². The number of carbonyl (C=O) groups excluding carboxylic acids is 1. The number of hydrogen-bond donors (Lipinski definition) is 1. The predicted octanol–water partition coefficient (Wildman–Crippen LogP) is 5.19. The van der Waals surface area contributed by atoms with E-state index in [-0.39, 0.29) is 30.7 Å². The van der Waals surface area contributed by atoms with E-state index in [4.69, 9.17) is 4.42 Å². The van der Waals surface area contributed by atoms with Gasteiger partial charge in [-0.3, -0.25) is 14.7 Å². The fourth-order valence-corrected chi connectivity index (χ4v) is 3.42. The topological polar surface area (TPSA) is 58.4 Å². The van der Waals surface area contributed by atoms with Gasteiger partial charge in [-0.25, -0.2) is 0 Å². The summed E-state index contributed by atoms with van der Waals surface area (Å²) in [4.78, 5) is 19.2. The quantitative estimate of drug-likeness (QED) is 0.552. The maximum Gasteiger partial charge on any atom is 0.251 e. The van der Waals surface area contributed by atoms with Crippen LogP contribution in [0.2, 0.25) is 0 Å². The Bertz CT molecular complexity index is 900. The van der Waals surface area contributed by atoms with Gasteiger partial charge < -0.3 is 9.73 Å². The number of carbonyl (C=O) groups is 1. The number of nitrogens with zero attached hydrogens (tertiary/aromatic N) is 2. The van der Waals surface area contributed by atoms with E-state index in [0.29, 0.717) is 24.2 Å². The van der Waals surface area contributed by atoms with Crippen LogP contribution in [0.25, 0.3) is 22.2 Å². The number of aromatic nitrogens is 1. The number of fused-ring (bicyclic) bond motifs is 1. The number of pyridine rings is 1. The van der Waals surface area contributed by atoms with E-state index in [2.05, 4.69) is 42.9 Å². The highest BCUT2D eigenvalue weighted by molar-refractivity contribution is 5.96. The molecule has 0 fully saturated rings. The van der Waals surface area contributed by atoms with Crippen LogP contribution in [-0.4, -0.2) is 41.0 Å². The second kappa shape index (κ2) is 11.2. The zero-order valence-corrected chi connectivity index (χ0v) is 18.8. The summed E-state index contributed by atoms with van der Waals surface area (Å²) in [6.45, 7) is 10.2. The van der Waals surface area contributed by atoms with Crippen molar-refractivity contribution in [3.8, 4) is 11.3 Å². The van der Waals surface area contributed by atoms with Gasteiger partial charge in [-0.05, 0) is 52.0 Å². The highest BCUT2D eigenvalue weighted by atomic mass is 35.5. The number of halogens is 2. The highest BCUT2D eigenvalue weighted by Crippen LogP contribution is 2.27. The standard InChI is InChI=1S/C22H27N3O2.2ClH/c1-15(2)25(16(3)4)13-12-24-22(26)18-7-5-17(6-8-18)21-19-10-14-27-20(19)9-11-23-21;;/h5-11,14-16H,12-13H2,1-4H3,(H,24,26);2*1H. The molecule has 1 aromatic carbocycles. The number of benzene rings is 1. The lowest BCUT2D eigenvalue weighted by atomic mass is 10.1. The summed E-state index contributed by atoms with van der Waals surface area (Å²) in [7, 11) is 0. The minimum atomic E-state index is -0.0523. The van der Waals surface area contributed by atoms with Gasteiger partial charge in [0.15, 0.2) is 0 Å². The maximum atomic E-state index is 12.4. The second-order valence-electron chi connectivity index (χ2n) is 7.25. The lowest BCUT2D eigenvalue weighted by Crippen LogP contribution is -2.42. The zero-order valence-electron chi connectivity index (χ0n) is 17.2. The van der Waals surface area contributed by atoms with Crippen molar-refractivity contribution in [3.05, 3.63) is 54.4 Å². The van der Waals surface area contributed by atoms with Crippen molar-refractivity contribution in [2.45, 2.75) is 39.8 Å². The molecule has 2 heterocycles. The molecule has 29 heavy (non-hydrogen) atoms. The van der Waals surface area contributed by atoms with E-state index in [0.717, 1.165) is 28.8 Å². The van der Waals surface area contributed by atoms with E-state index in [9.17, 15) is 4.79 Å². The van der Waals surface area contributed by atoms with Crippen LogP contribution in [0.1, 0.15) is 38.1 Å². The molecule has 2 aromatic heterocycles. The van der Waals surface area contributed by atoms with Crippen molar-refractivity contribution >= 4 is 41.7 Å². The minimum Gasteiger partial charge on any atom is -0.464 e. The molecule has 0 radical (unpaired) electrons. The van der Waals surface area contributed by atoms with Gasteiger partial charge in [0, 0.05) is 47.9 Å². The first-order valence-corrected chi connectivity index (χ1v) is 9.44. The summed E-state index contributed by atoms with van der Waals surface area (Å²) >= 11 is 0. The Morgan fingerprint density at radius 3 is 2.31 bits per heavy atom. The highest BCUT2D eigenvalue weighted by Gasteiger charge is 2.14. The number of nitrogens with one attached hydrogen (secondary N) is 1. The van der Waals surface area contributed by atoms with Crippen LogP contribution in [0.15, 0.2) is 53.3 Å². The fourth-order valence-electron chi connectivity index (χ4n) is 3.42. The van der Waals surface area contributed by atoms with E-state index in [1.807, 2.05) is 36.4 Å². The maximum absolute atomic E-state index is 12.4. The molecule has 0 saturated heterocycles. The van der Waals surface area contributed by atoms with Crippen LogP contribution < -0.4 is 5.32 Å². The average Bonchev–Trinajstić information content (AvgIpc) is 3.13. The molecule has 5 nitrogen and oxygen atoms in total. The Morgan fingerprint density at radius 2 is 1.69 bits per heavy atom. The molecule has 158 valence electrons. The van der Waals surface area contributed by atoms with Crippen LogP contribution in [0.3, 0.4) is 0 Å². The van der Waals surface area contributed by atoms with Gasteiger partial charge in [0.1, 0.15) is 5.58 Å². The van der Waals surface area contributed by atoms with Gasteiger partial charge in [-0.15, -0.1) is 24.8 Å². The number of furan rings is 1. The first-order chi connectivity index (χ1) is 13.0. The first-order valence-electron chi connectivity index (χ1n) is 9.44. The van der Waals surface area contributed by atoms with Gasteiger partial charge in [-0.1, -0.05) is 12.1 Å². The SMILES string of the molecule is CC(C)N(CCNC(=O)c1ccc(-c2nccc3occc23)cc1)C(C)C.Cl.Cl. The zero-order chi connectivity index (χ0) is 19.4. The third kappa shape index (κ3) is 5.95.